The van der Waals surface area contributed by atoms with Crippen molar-refractivity contribution >= 4 is 23.2 Å². The zero-order valence-corrected chi connectivity index (χ0v) is 16.3. The molecule has 0 heterocycles. The van der Waals surface area contributed by atoms with E-state index >= 15 is 0 Å². The van der Waals surface area contributed by atoms with Gasteiger partial charge >= 0.3 is 0 Å². The number of carbonyl (C=O) groups is 2. The van der Waals surface area contributed by atoms with E-state index in [2.05, 4.69) is 31.4 Å². The number of amides is 2. The number of anilines is 2. The van der Waals surface area contributed by atoms with Crippen molar-refractivity contribution < 1.29 is 9.59 Å². The second-order valence-corrected chi connectivity index (χ2v) is 7.68. The summed E-state index contributed by atoms with van der Waals surface area (Å²) in [6.45, 7) is 6.44. The van der Waals surface area contributed by atoms with Gasteiger partial charge in [-0.3, -0.25) is 9.59 Å². The molecule has 0 aliphatic heterocycles. The molecule has 4 nitrogen and oxygen atoms in total. The molecule has 0 spiro atoms. The zero-order valence-electron chi connectivity index (χ0n) is 16.3. The molecule has 2 amide bonds. The van der Waals surface area contributed by atoms with E-state index in [1.807, 2.05) is 54.6 Å². The number of para-hydroxylation sites is 1. The van der Waals surface area contributed by atoms with Gasteiger partial charge in [0.2, 0.25) is 0 Å². The summed E-state index contributed by atoms with van der Waals surface area (Å²) < 4.78 is 0. The Hall–Kier alpha value is -3.40. The standard InChI is InChI=1S/C24H24N2O2/c1-24(2,3)19-12-14-21(15-13-19)26-23(28)18-9-7-8-17(16-18)22(27)25-20-10-5-4-6-11-20/h4-16H,1-3H3,(H,25,27)(H,26,28). The second-order valence-electron chi connectivity index (χ2n) is 7.68. The average Bonchev–Trinajstić information content (AvgIpc) is 2.68. The molecule has 28 heavy (non-hydrogen) atoms. The minimum absolute atomic E-state index is 0.0585. The van der Waals surface area contributed by atoms with Crippen LogP contribution < -0.4 is 10.6 Å². The predicted molar refractivity (Wildman–Crippen MR) is 114 cm³/mol. The van der Waals surface area contributed by atoms with E-state index in [0.717, 1.165) is 5.69 Å². The first-order valence-corrected chi connectivity index (χ1v) is 9.21. The molecule has 0 saturated heterocycles. The molecule has 0 aromatic heterocycles. The second kappa shape index (κ2) is 8.09. The highest BCUT2D eigenvalue weighted by atomic mass is 16.2. The molecular formula is C24H24N2O2. The highest BCUT2D eigenvalue weighted by Crippen LogP contribution is 2.23. The third-order valence-corrected chi connectivity index (χ3v) is 4.43. The maximum absolute atomic E-state index is 12.6. The molecule has 0 unspecified atom stereocenters. The fourth-order valence-corrected chi connectivity index (χ4v) is 2.78. The molecule has 0 atom stereocenters. The van der Waals surface area contributed by atoms with Crippen molar-refractivity contribution in [3.8, 4) is 0 Å². The van der Waals surface area contributed by atoms with Crippen molar-refractivity contribution in [3.05, 3.63) is 95.6 Å². The van der Waals surface area contributed by atoms with Crippen LogP contribution in [0.5, 0.6) is 0 Å². The Morgan fingerprint density at radius 2 is 1.14 bits per heavy atom. The van der Waals surface area contributed by atoms with Gasteiger partial charge in [0.1, 0.15) is 0 Å². The Bertz CT molecular complexity index is 971. The van der Waals surface area contributed by atoms with Crippen molar-refractivity contribution in [3.63, 3.8) is 0 Å². The van der Waals surface area contributed by atoms with Crippen LogP contribution in [0, 0.1) is 0 Å². The maximum atomic E-state index is 12.6. The number of hydrogen-bond acceptors (Lipinski definition) is 2. The van der Waals surface area contributed by atoms with Crippen LogP contribution in [0.2, 0.25) is 0 Å². The lowest BCUT2D eigenvalue weighted by atomic mass is 9.87. The van der Waals surface area contributed by atoms with Crippen LogP contribution in [0.1, 0.15) is 47.1 Å². The lowest BCUT2D eigenvalue weighted by Gasteiger charge is -2.19. The van der Waals surface area contributed by atoms with Crippen LogP contribution in [-0.2, 0) is 5.41 Å². The van der Waals surface area contributed by atoms with Gasteiger partial charge in [0.25, 0.3) is 11.8 Å². The van der Waals surface area contributed by atoms with Gasteiger partial charge in [-0.05, 0) is 53.4 Å². The van der Waals surface area contributed by atoms with Crippen molar-refractivity contribution in [2.75, 3.05) is 10.6 Å². The van der Waals surface area contributed by atoms with Gasteiger partial charge in [-0.2, -0.15) is 0 Å². The van der Waals surface area contributed by atoms with E-state index in [9.17, 15) is 9.59 Å². The van der Waals surface area contributed by atoms with Crippen molar-refractivity contribution in [2.45, 2.75) is 26.2 Å². The first-order chi connectivity index (χ1) is 13.3. The fourth-order valence-electron chi connectivity index (χ4n) is 2.78. The van der Waals surface area contributed by atoms with Crippen LogP contribution in [-0.4, -0.2) is 11.8 Å². The SMILES string of the molecule is CC(C)(C)c1ccc(NC(=O)c2cccc(C(=O)Nc3ccccc3)c2)cc1. The van der Waals surface area contributed by atoms with Crippen molar-refractivity contribution in [1.29, 1.82) is 0 Å². The number of hydrogen-bond donors (Lipinski definition) is 2. The van der Waals surface area contributed by atoms with Gasteiger partial charge in [-0.1, -0.05) is 57.2 Å². The van der Waals surface area contributed by atoms with E-state index in [4.69, 9.17) is 0 Å². The Balaban J connectivity index is 1.71. The molecule has 3 aromatic rings. The topological polar surface area (TPSA) is 58.2 Å². The number of benzene rings is 3. The summed E-state index contributed by atoms with van der Waals surface area (Å²) in [5.74, 6) is -0.506. The molecule has 2 N–H and O–H groups in total. The molecule has 0 radical (unpaired) electrons. The van der Waals surface area contributed by atoms with Crippen LogP contribution >= 0.6 is 0 Å². The molecule has 0 bridgehead atoms. The Morgan fingerprint density at radius 1 is 0.643 bits per heavy atom. The summed E-state index contributed by atoms with van der Waals surface area (Å²) >= 11 is 0. The summed E-state index contributed by atoms with van der Waals surface area (Å²) in [7, 11) is 0. The first-order valence-electron chi connectivity index (χ1n) is 9.21. The van der Waals surface area contributed by atoms with Gasteiger partial charge in [-0.15, -0.1) is 0 Å². The number of rotatable bonds is 4. The average molecular weight is 372 g/mol. The summed E-state index contributed by atoms with van der Waals surface area (Å²) in [4.78, 5) is 25.0. The van der Waals surface area contributed by atoms with E-state index in [0.29, 0.717) is 16.8 Å². The Morgan fingerprint density at radius 3 is 1.64 bits per heavy atom. The number of nitrogens with one attached hydrogen (secondary N) is 2. The van der Waals surface area contributed by atoms with Crippen LogP contribution in [0.15, 0.2) is 78.9 Å². The summed E-state index contributed by atoms with van der Waals surface area (Å²) in [6, 6.07) is 23.7. The third kappa shape index (κ3) is 4.86. The molecule has 3 rings (SSSR count). The van der Waals surface area contributed by atoms with E-state index < -0.39 is 0 Å². The Kier molecular flexibility index (Phi) is 5.59. The van der Waals surface area contributed by atoms with Crippen LogP contribution in [0.3, 0.4) is 0 Å². The summed E-state index contributed by atoms with van der Waals surface area (Å²) in [5.41, 5.74) is 3.55. The maximum Gasteiger partial charge on any atom is 0.255 e. The van der Waals surface area contributed by atoms with Crippen molar-refractivity contribution in [1.82, 2.24) is 0 Å². The molecule has 0 fully saturated rings. The Labute approximate surface area is 165 Å². The lowest BCUT2D eigenvalue weighted by molar-refractivity contribution is 0.102. The van der Waals surface area contributed by atoms with E-state index in [-0.39, 0.29) is 17.2 Å². The fraction of sp³-hybridized carbons (Fsp3) is 0.167. The van der Waals surface area contributed by atoms with Crippen molar-refractivity contribution in [2.24, 2.45) is 0 Å². The van der Waals surface area contributed by atoms with Gasteiger partial charge in [0.05, 0.1) is 0 Å². The minimum atomic E-state index is -0.254. The highest BCUT2D eigenvalue weighted by molar-refractivity contribution is 6.08. The lowest BCUT2D eigenvalue weighted by Crippen LogP contribution is -2.16. The molecule has 0 aliphatic carbocycles. The van der Waals surface area contributed by atoms with Gasteiger partial charge in [-0.25, -0.2) is 0 Å². The quantitative estimate of drug-likeness (QED) is 0.636. The van der Waals surface area contributed by atoms with E-state index in [1.165, 1.54) is 5.56 Å². The molecular weight excluding hydrogens is 348 g/mol. The monoisotopic (exact) mass is 372 g/mol. The summed E-state index contributed by atoms with van der Waals surface area (Å²) in [5, 5.41) is 5.71. The molecule has 142 valence electrons. The van der Waals surface area contributed by atoms with Gasteiger partial charge in [0.15, 0.2) is 0 Å². The molecule has 0 saturated carbocycles. The first kappa shape index (κ1) is 19.4. The smallest absolute Gasteiger partial charge is 0.255 e. The molecule has 3 aromatic carbocycles. The van der Waals surface area contributed by atoms with E-state index in [1.54, 1.807) is 24.3 Å². The normalized spacial score (nSPS) is 11.0. The van der Waals surface area contributed by atoms with Crippen LogP contribution in [0.25, 0.3) is 0 Å². The van der Waals surface area contributed by atoms with Gasteiger partial charge in [0, 0.05) is 22.5 Å². The minimum Gasteiger partial charge on any atom is -0.322 e. The third-order valence-electron chi connectivity index (χ3n) is 4.43. The molecule has 0 aliphatic rings. The molecule has 4 heteroatoms. The zero-order chi connectivity index (χ0) is 20.1. The predicted octanol–water partition coefficient (Wildman–Crippen LogP) is 5.49. The summed E-state index contributed by atoms with van der Waals surface area (Å²) in [6.07, 6.45) is 0. The van der Waals surface area contributed by atoms with Crippen LogP contribution in [0.4, 0.5) is 11.4 Å². The largest absolute Gasteiger partial charge is 0.322 e. The highest BCUT2D eigenvalue weighted by Gasteiger charge is 2.14. The van der Waals surface area contributed by atoms with Gasteiger partial charge < -0.3 is 10.6 Å². The number of carbonyl (C=O) groups excluding carboxylic acids is 2.